The van der Waals surface area contributed by atoms with Gasteiger partial charge in [0.1, 0.15) is 0 Å². The first-order chi connectivity index (χ1) is 8.77. The SMILES string of the molecule is CCC(C)(C)C1CCC(NC(=O)[C@@H](N)C(C)C)CC1. The van der Waals surface area contributed by atoms with Crippen molar-refractivity contribution in [3.63, 3.8) is 0 Å². The zero-order valence-electron chi connectivity index (χ0n) is 13.3. The number of hydrogen-bond acceptors (Lipinski definition) is 2. The molecule has 0 aromatic rings. The Bertz CT molecular complexity index is 291. The summed E-state index contributed by atoms with van der Waals surface area (Å²) in [5.41, 5.74) is 6.32. The zero-order valence-corrected chi connectivity index (χ0v) is 13.3. The third-order valence-corrected chi connectivity index (χ3v) is 5.11. The molecule has 112 valence electrons. The van der Waals surface area contributed by atoms with Crippen LogP contribution in [0.4, 0.5) is 0 Å². The minimum atomic E-state index is -0.371. The van der Waals surface area contributed by atoms with E-state index in [9.17, 15) is 4.79 Å². The van der Waals surface area contributed by atoms with Crippen LogP contribution in [0.15, 0.2) is 0 Å². The Labute approximate surface area is 118 Å². The van der Waals surface area contributed by atoms with Gasteiger partial charge in [-0.15, -0.1) is 0 Å². The largest absolute Gasteiger partial charge is 0.352 e. The molecule has 0 aromatic heterocycles. The average molecular weight is 268 g/mol. The van der Waals surface area contributed by atoms with Crippen LogP contribution in [-0.4, -0.2) is 18.0 Å². The molecule has 1 aliphatic carbocycles. The van der Waals surface area contributed by atoms with Crippen molar-refractivity contribution in [2.75, 3.05) is 0 Å². The van der Waals surface area contributed by atoms with E-state index in [0.29, 0.717) is 11.5 Å². The van der Waals surface area contributed by atoms with Crippen LogP contribution in [0.3, 0.4) is 0 Å². The van der Waals surface area contributed by atoms with Gasteiger partial charge in [-0.05, 0) is 42.9 Å². The summed E-state index contributed by atoms with van der Waals surface area (Å²) < 4.78 is 0. The van der Waals surface area contributed by atoms with Crippen LogP contribution in [-0.2, 0) is 4.79 Å². The minimum Gasteiger partial charge on any atom is -0.352 e. The monoisotopic (exact) mass is 268 g/mol. The maximum atomic E-state index is 12.0. The Morgan fingerprint density at radius 2 is 1.79 bits per heavy atom. The van der Waals surface area contributed by atoms with Gasteiger partial charge in [-0.3, -0.25) is 4.79 Å². The van der Waals surface area contributed by atoms with Crippen LogP contribution >= 0.6 is 0 Å². The molecule has 1 fully saturated rings. The third kappa shape index (κ3) is 4.48. The lowest BCUT2D eigenvalue weighted by molar-refractivity contribution is -0.124. The predicted octanol–water partition coefficient (Wildman–Crippen LogP) is 3.08. The molecule has 1 amide bonds. The van der Waals surface area contributed by atoms with Crippen molar-refractivity contribution in [2.45, 2.75) is 78.8 Å². The molecule has 1 saturated carbocycles. The summed E-state index contributed by atoms with van der Waals surface area (Å²) in [4.78, 5) is 12.0. The van der Waals surface area contributed by atoms with Crippen LogP contribution in [0.25, 0.3) is 0 Å². The van der Waals surface area contributed by atoms with Gasteiger partial charge >= 0.3 is 0 Å². The van der Waals surface area contributed by atoms with Gasteiger partial charge in [-0.1, -0.05) is 41.0 Å². The standard InChI is InChI=1S/C16H32N2O/c1-6-16(4,5)12-7-9-13(10-8-12)18-15(19)14(17)11(2)3/h11-14H,6-10,17H2,1-5H3,(H,18,19)/t12?,13?,14-/m0/s1. The van der Waals surface area contributed by atoms with E-state index in [4.69, 9.17) is 5.73 Å². The van der Waals surface area contributed by atoms with Gasteiger partial charge in [0.25, 0.3) is 0 Å². The Hall–Kier alpha value is -0.570. The first kappa shape index (κ1) is 16.5. The van der Waals surface area contributed by atoms with Crippen molar-refractivity contribution in [3.8, 4) is 0 Å². The van der Waals surface area contributed by atoms with Gasteiger partial charge in [-0.2, -0.15) is 0 Å². The second kappa shape index (κ2) is 6.74. The summed E-state index contributed by atoms with van der Waals surface area (Å²) in [5.74, 6) is 1.02. The highest BCUT2D eigenvalue weighted by molar-refractivity contribution is 5.82. The smallest absolute Gasteiger partial charge is 0.237 e. The van der Waals surface area contributed by atoms with E-state index < -0.39 is 0 Å². The van der Waals surface area contributed by atoms with Crippen molar-refractivity contribution in [1.29, 1.82) is 0 Å². The van der Waals surface area contributed by atoms with E-state index in [1.54, 1.807) is 0 Å². The number of carbonyl (C=O) groups is 1. The van der Waals surface area contributed by atoms with Crippen LogP contribution in [0.1, 0.15) is 66.7 Å². The van der Waals surface area contributed by atoms with Crippen LogP contribution in [0.2, 0.25) is 0 Å². The summed E-state index contributed by atoms with van der Waals surface area (Å²) >= 11 is 0. The second-order valence-electron chi connectivity index (χ2n) is 7.17. The highest BCUT2D eigenvalue weighted by Crippen LogP contribution is 2.40. The van der Waals surface area contributed by atoms with Gasteiger partial charge in [0.2, 0.25) is 5.91 Å². The van der Waals surface area contributed by atoms with Crippen molar-refractivity contribution < 1.29 is 4.79 Å². The van der Waals surface area contributed by atoms with Gasteiger partial charge in [-0.25, -0.2) is 0 Å². The molecule has 19 heavy (non-hydrogen) atoms. The number of nitrogens with one attached hydrogen (secondary N) is 1. The summed E-state index contributed by atoms with van der Waals surface area (Å²) in [6.07, 6.45) is 5.88. The second-order valence-corrected chi connectivity index (χ2v) is 7.17. The minimum absolute atomic E-state index is 0.0215. The topological polar surface area (TPSA) is 55.1 Å². The number of amides is 1. The molecule has 0 aliphatic heterocycles. The highest BCUT2D eigenvalue weighted by atomic mass is 16.2. The quantitative estimate of drug-likeness (QED) is 0.805. The maximum absolute atomic E-state index is 12.0. The number of hydrogen-bond donors (Lipinski definition) is 2. The summed E-state index contributed by atoms with van der Waals surface area (Å²) in [5, 5.41) is 3.13. The fraction of sp³-hybridized carbons (Fsp3) is 0.938. The molecule has 0 spiro atoms. The summed E-state index contributed by atoms with van der Waals surface area (Å²) in [6, 6.07) is -0.0361. The molecule has 0 radical (unpaired) electrons. The van der Waals surface area contributed by atoms with E-state index >= 15 is 0 Å². The third-order valence-electron chi connectivity index (χ3n) is 5.11. The molecule has 1 aliphatic rings. The average Bonchev–Trinajstić information content (AvgIpc) is 2.38. The molecule has 0 unspecified atom stereocenters. The molecule has 1 atom stereocenters. The van der Waals surface area contributed by atoms with Crippen molar-refractivity contribution >= 4 is 5.91 Å². The van der Waals surface area contributed by atoms with Gasteiger partial charge in [0.05, 0.1) is 6.04 Å². The van der Waals surface area contributed by atoms with Crippen LogP contribution in [0.5, 0.6) is 0 Å². The normalized spacial score (nSPS) is 26.3. The Morgan fingerprint density at radius 3 is 2.21 bits per heavy atom. The lowest BCUT2D eigenvalue weighted by Crippen LogP contribution is -2.49. The zero-order chi connectivity index (χ0) is 14.6. The molecule has 3 heteroatoms. The van der Waals surface area contributed by atoms with E-state index in [0.717, 1.165) is 18.8 Å². The lowest BCUT2D eigenvalue weighted by Gasteiger charge is -2.39. The lowest BCUT2D eigenvalue weighted by atomic mass is 9.69. The number of nitrogens with two attached hydrogens (primary N) is 1. The molecular formula is C16H32N2O. The van der Waals surface area contributed by atoms with Crippen molar-refractivity contribution in [1.82, 2.24) is 5.32 Å². The highest BCUT2D eigenvalue weighted by Gasteiger charge is 2.32. The van der Waals surface area contributed by atoms with Crippen molar-refractivity contribution in [2.24, 2.45) is 23.0 Å². The van der Waals surface area contributed by atoms with Crippen LogP contribution in [0, 0.1) is 17.3 Å². The Kier molecular flexibility index (Phi) is 5.84. The molecular weight excluding hydrogens is 236 g/mol. The van der Waals surface area contributed by atoms with Crippen LogP contribution < -0.4 is 11.1 Å². The van der Waals surface area contributed by atoms with E-state index in [1.807, 2.05) is 13.8 Å². The number of rotatable bonds is 5. The summed E-state index contributed by atoms with van der Waals surface area (Å²) in [6.45, 7) is 11.0. The molecule has 0 heterocycles. The predicted molar refractivity (Wildman–Crippen MR) is 80.8 cm³/mol. The van der Waals surface area contributed by atoms with Gasteiger partial charge < -0.3 is 11.1 Å². The summed E-state index contributed by atoms with van der Waals surface area (Å²) in [7, 11) is 0. The maximum Gasteiger partial charge on any atom is 0.237 e. The Balaban J connectivity index is 2.41. The van der Waals surface area contributed by atoms with E-state index in [-0.39, 0.29) is 17.9 Å². The molecule has 1 rings (SSSR count). The fourth-order valence-corrected chi connectivity index (χ4v) is 2.91. The number of carbonyl (C=O) groups excluding carboxylic acids is 1. The first-order valence-electron chi connectivity index (χ1n) is 7.84. The molecule has 0 saturated heterocycles. The van der Waals surface area contributed by atoms with Gasteiger partial charge in [0, 0.05) is 6.04 Å². The molecule has 3 N–H and O–H groups in total. The van der Waals surface area contributed by atoms with E-state index in [1.165, 1.54) is 19.3 Å². The molecule has 0 bridgehead atoms. The van der Waals surface area contributed by atoms with Crippen molar-refractivity contribution in [3.05, 3.63) is 0 Å². The Morgan fingerprint density at radius 1 is 1.26 bits per heavy atom. The molecule has 0 aromatic carbocycles. The van der Waals surface area contributed by atoms with E-state index in [2.05, 4.69) is 26.1 Å². The first-order valence-corrected chi connectivity index (χ1v) is 7.84. The molecule has 3 nitrogen and oxygen atoms in total. The fourth-order valence-electron chi connectivity index (χ4n) is 2.91. The van der Waals surface area contributed by atoms with Gasteiger partial charge in [0.15, 0.2) is 0 Å².